The molecule has 1 aliphatic heterocycles. The summed E-state index contributed by atoms with van der Waals surface area (Å²) in [4.78, 5) is 29.5. The van der Waals surface area contributed by atoms with Crippen LogP contribution in [0.15, 0.2) is 48.7 Å². The molecule has 3 rings (SSSR count). The zero-order valence-electron chi connectivity index (χ0n) is 14.7. The zero-order valence-corrected chi connectivity index (χ0v) is 14.7. The summed E-state index contributed by atoms with van der Waals surface area (Å²) in [7, 11) is 0. The fourth-order valence-corrected chi connectivity index (χ4v) is 3.12. The molecule has 0 bridgehead atoms. The number of nitrogens with zero attached hydrogens (tertiary/aromatic N) is 2. The number of carbonyl (C=O) groups is 2. The Morgan fingerprint density at radius 1 is 1.19 bits per heavy atom. The number of aliphatic carboxylic acids is 1. The van der Waals surface area contributed by atoms with E-state index in [-0.39, 0.29) is 18.2 Å². The first-order valence-electron chi connectivity index (χ1n) is 8.65. The van der Waals surface area contributed by atoms with Crippen molar-refractivity contribution in [1.82, 2.24) is 9.88 Å². The highest BCUT2D eigenvalue weighted by atomic mass is 16.5. The van der Waals surface area contributed by atoms with E-state index in [1.807, 2.05) is 49.4 Å². The lowest BCUT2D eigenvalue weighted by atomic mass is 9.99. The largest absolute Gasteiger partial charge is 0.487 e. The van der Waals surface area contributed by atoms with Crippen LogP contribution in [0.5, 0.6) is 5.75 Å². The predicted octanol–water partition coefficient (Wildman–Crippen LogP) is 2.38. The lowest BCUT2D eigenvalue weighted by Crippen LogP contribution is -2.31. The Morgan fingerprint density at radius 3 is 2.58 bits per heavy atom. The number of hydrogen-bond donors (Lipinski definition) is 1. The molecule has 2 heterocycles. The molecule has 1 aliphatic rings. The third kappa shape index (κ3) is 4.39. The molecule has 1 saturated heterocycles. The second-order valence-corrected chi connectivity index (χ2v) is 6.65. The van der Waals surface area contributed by atoms with Crippen molar-refractivity contribution in [2.75, 3.05) is 13.1 Å². The van der Waals surface area contributed by atoms with Crippen LogP contribution in [0.4, 0.5) is 0 Å². The van der Waals surface area contributed by atoms with Crippen molar-refractivity contribution < 1.29 is 19.4 Å². The minimum absolute atomic E-state index is 0.0150. The molecule has 0 radical (unpaired) electrons. The lowest BCUT2D eigenvalue weighted by Gasteiger charge is -2.16. The summed E-state index contributed by atoms with van der Waals surface area (Å²) in [6.45, 7) is 3.06. The van der Waals surface area contributed by atoms with Gasteiger partial charge in [-0.05, 0) is 35.7 Å². The number of benzene rings is 1. The number of pyridine rings is 1. The summed E-state index contributed by atoms with van der Waals surface area (Å²) in [5.74, 6) is -0.641. The Bertz CT molecular complexity index is 761. The van der Waals surface area contributed by atoms with Crippen LogP contribution in [-0.4, -0.2) is 40.0 Å². The number of ether oxygens (including phenoxy) is 1. The molecule has 0 unspecified atom stereocenters. The van der Waals surface area contributed by atoms with Gasteiger partial charge in [0.25, 0.3) is 0 Å². The Labute approximate surface area is 152 Å². The van der Waals surface area contributed by atoms with Crippen molar-refractivity contribution in [1.29, 1.82) is 0 Å². The number of carbonyl (C=O) groups excluding carboxylic acids is 1. The molecule has 6 heteroatoms. The highest BCUT2D eigenvalue weighted by Gasteiger charge is 2.36. The van der Waals surface area contributed by atoms with E-state index < -0.39 is 11.9 Å². The van der Waals surface area contributed by atoms with E-state index in [0.717, 1.165) is 11.3 Å². The van der Waals surface area contributed by atoms with Crippen molar-refractivity contribution in [3.05, 3.63) is 59.9 Å². The number of amides is 1. The van der Waals surface area contributed by atoms with E-state index in [4.69, 9.17) is 4.74 Å². The monoisotopic (exact) mass is 354 g/mol. The predicted molar refractivity (Wildman–Crippen MR) is 95.6 cm³/mol. The number of likely N-dealkylation sites (tertiary alicyclic amines) is 1. The molecule has 1 fully saturated rings. The smallest absolute Gasteiger partial charge is 0.308 e. The van der Waals surface area contributed by atoms with Crippen LogP contribution in [0.25, 0.3) is 0 Å². The van der Waals surface area contributed by atoms with Crippen LogP contribution in [0.2, 0.25) is 0 Å². The van der Waals surface area contributed by atoms with Crippen LogP contribution < -0.4 is 4.74 Å². The van der Waals surface area contributed by atoms with E-state index in [2.05, 4.69) is 4.98 Å². The number of aromatic nitrogens is 1. The number of hydrogen-bond acceptors (Lipinski definition) is 4. The minimum atomic E-state index is -0.831. The average Bonchev–Trinajstić information content (AvgIpc) is 3.04. The van der Waals surface area contributed by atoms with Crippen LogP contribution in [0.1, 0.15) is 18.2 Å². The van der Waals surface area contributed by atoms with Gasteiger partial charge in [-0.3, -0.25) is 14.6 Å². The van der Waals surface area contributed by atoms with Crippen molar-refractivity contribution in [2.45, 2.75) is 20.0 Å². The van der Waals surface area contributed by atoms with Crippen LogP contribution in [0.3, 0.4) is 0 Å². The number of carboxylic acid groups (broad SMARTS) is 1. The van der Waals surface area contributed by atoms with E-state index in [1.54, 1.807) is 11.1 Å². The maximum atomic E-state index is 12.4. The molecule has 2 atom stereocenters. The molecule has 0 saturated carbocycles. The standard InChI is InChI=1S/C20H22N2O4/c1-14-11-22(12-18(14)20(24)25)19(23)10-15-5-7-17(8-6-15)26-13-16-4-2-3-9-21-16/h2-9,14,18H,10-13H2,1H3,(H,24,25)/t14-,18-/m1/s1. The molecule has 1 N–H and O–H groups in total. The summed E-state index contributed by atoms with van der Waals surface area (Å²) >= 11 is 0. The Kier molecular flexibility index (Phi) is 5.51. The molecule has 1 aromatic heterocycles. The third-order valence-electron chi connectivity index (χ3n) is 4.67. The van der Waals surface area contributed by atoms with E-state index in [1.165, 1.54) is 0 Å². The van der Waals surface area contributed by atoms with Gasteiger partial charge in [0.1, 0.15) is 12.4 Å². The first-order chi connectivity index (χ1) is 12.5. The fourth-order valence-electron chi connectivity index (χ4n) is 3.12. The second kappa shape index (κ2) is 7.99. The minimum Gasteiger partial charge on any atom is -0.487 e. The molecule has 26 heavy (non-hydrogen) atoms. The van der Waals surface area contributed by atoms with Crippen molar-refractivity contribution in [2.24, 2.45) is 11.8 Å². The van der Waals surface area contributed by atoms with Crippen LogP contribution in [0, 0.1) is 11.8 Å². The molecule has 1 aromatic carbocycles. The van der Waals surface area contributed by atoms with Crippen LogP contribution in [-0.2, 0) is 22.6 Å². The van der Waals surface area contributed by atoms with Crippen LogP contribution >= 0.6 is 0 Å². The van der Waals surface area contributed by atoms with Crippen molar-refractivity contribution >= 4 is 11.9 Å². The summed E-state index contributed by atoms with van der Waals surface area (Å²) < 4.78 is 5.68. The summed E-state index contributed by atoms with van der Waals surface area (Å²) in [6, 6.07) is 13.0. The first-order valence-corrected chi connectivity index (χ1v) is 8.65. The number of carboxylic acids is 1. The lowest BCUT2D eigenvalue weighted by molar-refractivity contribution is -0.142. The molecular weight excluding hydrogens is 332 g/mol. The molecular formula is C20H22N2O4. The molecule has 1 amide bonds. The molecule has 2 aromatic rings. The fraction of sp³-hybridized carbons (Fsp3) is 0.350. The van der Waals surface area contributed by atoms with Crippen molar-refractivity contribution in [3.8, 4) is 5.75 Å². The second-order valence-electron chi connectivity index (χ2n) is 6.65. The topological polar surface area (TPSA) is 79.7 Å². The van der Waals surface area contributed by atoms with Gasteiger partial charge in [-0.15, -0.1) is 0 Å². The molecule has 0 aliphatic carbocycles. The summed E-state index contributed by atoms with van der Waals surface area (Å²) in [5.41, 5.74) is 1.73. The van der Waals surface area contributed by atoms with Gasteiger partial charge in [0, 0.05) is 19.3 Å². The summed E-state index contributed by atoms with van der Waals surface area (Å²) in [6.07, 6.45) is 1.99. The Hall–Kier alpha value is -2.89. The van der Waals surface area contributed by atoms with Gasteiger partial charge in [-0.25, -0.2) is 0 Å². The SMILES string of the molecule is C[C@@H]1CN(C(=O)Cc2ccc(OCc3ccccn3)cc2)C[C@H]1C(=O)O. The van der Waals surface area contributed by atoms with Gasteiger partial charge in [-0.1, -0.05) is 25.1 Å². The van der Waals surface area contributed by atoms with Gasteiger partial charge in [-0.2, -0.15) is 0 Å². The van der Waals surface area contributed by atoms with E-state index in [9.17, 15) is 14.7 Å². The van der Waals surface area contributed by atoms with Gasteiger partial charge in [0.05, 0.1) is 18.0 Å². The molecule has 0 spiro atoms. The van der Waals surface area contributed by atoms with E-state index in [0.29, 0.717) is 25.4 Å². The zero-order chi connectivity index (χ0) is 18.5. The highest BCUT2D eigenvalue weighted by molar-refractivity contribution is 5.81. The maximum absolute atomic E-state index is 12.4. The third-order valence-corrected chi connectivity index (χ3v) is 4.67. The summed E-state index contributed by atoms with van der Waals surface area (Å²) in [5, 5.41) is 9.18. The number of rotatable bonds is 6. The molecule has 136 valence electrons. The first kappa shape index (κ1) is 17.9. The van der Waals surface area contributed by atoms with E-state index >= 15 is 0 Å². The van der Waals surface area contributed by atoms with Crippen molar-refractivity contribution in [3.63, 3.8) is 0 Å². The Balaban J connectivity index is 1.52. The molecule has 6 nitrogen and oxygen atoms in total. The Morgan fingerprint density at radius 2 is 1.96 bits per heavy atom. The van der Waals surface area contributed by atoms with Gasteiger partial charge in [0.2, 0.25) is 5.91 Å². The van der Waals surface area contributed by atoms with Gasteiger partial charge < -0.3 is 14.7 Å². The normalized spacial score (nSPS) is 19.3. The maximum Gasteiger partial charge on any atom is 0.308 e. The average molecular weight is 354 g/mol. The highest BCUT2D eigenvalue weighted by Crippen LogP contribution is 2.24. The van der Waals surface area contributed by atoms with Gasteiger partial charge in [0.15, 0.2) is 0 Å². The quantitative estimate of drug-likeness (QED) is 0.862. The van der Waals surface area contributed by atoms with Gasteiger partial charge >= 0.3 is 5.97 Å².